The van der Waals surface area contributed by atoms with E-state index in [1.54, 1.807) is 0 Å². The van der Waals surface area contributed by atoms with Crippen molar-refractivity contribution in [3.05, 3.63) is 60.7 Å². The first-order valence-corrected chi connectivity index (χ1v) is 18.1. The lowest BCUT2D eigenvalue weighted by atomic mass is 9.69. The van der Waals surface area contributed by atoms with Gasteiger partial charge in [0, 0.05) is 5.41 Å². The van der Waals surface area contributed by atoms with Crippen LogP contribution in [0.4, 0.5) is 0 Å². The molecule has 5 atom stereocenters. The summed E-state index contributed by atoms with van der Waals surface area (Å²) in [6.45, 7) is 7.78. The minimum Gasteiger partial charge on any atom is -0.478 e. The zero-order chi connectivity index (χ0) is 27.8. The summed E-state index contributed by atoms with van der Waals surface area (Å²) in [6.07, 6.45) is 19.2. The molecule has 2 saturated carbocycles. The summed E-state index contributed by atoms with van der Waals surface area (Å²) < 4.78 is 6.59. The van der Waals surface area contributed by atoms with Crippen molar-refractivity contribution in [3.63, 3.8) is 0 Å². The molecule has 2 aliphatic carbocycles. The van der Waals surface area contributed by atoms with Gasteiger partial charge in [-0.2, -0.15) is 0 Å². The van der Waals surface area contributed by atoms with E-state index in [9.17, 15) is 0 Å². The fourth-order valence-electron chi connectivity index (χ4n) is 8.14. The molecule has 3 heteroatoms. The van der Waals surface area contributed by atoms with Gasteiger partial charge in [-0.05, 0) is 67.6 Å². The van der Waals surface area contributed by atoms with Crippen LogP contribution in [0.15, 0.2) is 65.7 Å². The first kappa shape index (κ1) is 29.8. The predicted octanol–water partition coefficient (Wildman–Crippen LogP) is 9.67. The third-order valence-electron chi connectivity index (χ3n) is 10.4. The molecule has 2 aromatic rings. The molecule has 3 aliphatic rings. The summed E-state index contributed by atoms with van der Waals surface area (Å²) in [6, 6.07) is 23.1. The summed E-state index contributed by atoms with van der Waals surface area (Å²) in [5.74, 6) is 3.56. The van der Waals surface area contributed by atoms with Crippen molar-refractivity contribution in [1.29, 1.82) is 0 Å². The van der Waals surface area contributed by atoms with Crippen molar-refractivity contribution < 1.29 is 4.74 Å². The lowest BCUT2D eigenvalue weighted by Crippen LogP contribution is -2.40. The molecule has 1 aliphatic heterocycles. The maximum absolute atomic E-state index is 6.59. The molecule has 5 unspecified atom stereocenters. The summed E-state index contributed by atoms with van der Waals surface area (Å²) in [7, 11) is -0.419. The predicted molar refractivity (Wildman–Crippen MR) is 175 cm³/mol. The Kier molecular flexibility index (Phi) is 10.8. The number of hydrogen-bond acceptors (Lipinski definition) is 2. The Morgan fingerprint density at radius 2 is 1.50 bits per heavy atom. The summed E-state index contributed by atoms with van der Waals surface area (Å²) >= 11 is 0. The molecular weight excluding hydrogens is 505 g/mol. The molecule has 40 heavy (non-hydrogen) atoms. The smallest absolute Gasteiger partial charge is 0.190 e. The molecule has 0 N–H and O–H groups in total. The second-order valence-electron chi connectivity index (χ2n) is 13.5. The lowest BCUT2D eigenvalue weighted by molar-refractivity contribution is 0.185. The van der Waals surface area contributed by atoms with Crippen LogP contribution in [0.5, 0.6) is 0 Å². The van der Waals surface area contributed by atoms with Gasteiger partial charge in [0.05, 0.1) is 6.04 Å². The molecule has 0 bridgehead atoms. The molecule has 2 fully saturated rings. The van der Waals surface area contributed by atoms with Gasteiger partial charge in [0.2, 0.25) is 0 Å². The van der Waals surface area contributed by atoms with Crippen LogP contribution in [0, 0.1) is 23.2 Å². The SMILES string of the molecule is CCCC1CCCCCC1CCCC1(C2=NC(C(C)C)CO2)CCCC(P(c2ccccc2)c2ccccc2)C1. The van der Waals surface area contributed by atoms with Gasteiger partial charge >= 0.3 is 0 Å². The van der Waals surface area contributed by atoms with Crippen molar-refractivity contribution >= 4 is 24.4 Å². The van der Waals surface area contributed by atoms with Gasteiger partial charge in [-0.3, -0.25) is 0 Å². The van der Waals surface area contributed by atoms with Gasteiger partial charge in [-0.15, -0.1) is 0 Å². The average Bonchev–Trinajstić information content (AvgIpc) is 3.39. The van der Waals surface area contributed by atoms with E-state index in [2.05, 4.69) is 81.4 Å². The number of hydrogen-bond donors (Lipinski definition) is 0. The fraction of sp³-hybridized carbons (Fsp3) is 0.649. The van der Waals surface area contributed by atoms with E-state index in [1.165, 1.54) is 101 Å². The molecule has 0 aromatic heterocycles. The molecule has 0 amide bonds. The largest absolute Gasteiger partial charge is 0.478 e. The van der Waals surface area contributed by atoms with E-state index in [0.717, 1.165) is 24.3 Å². The van der Waals surface area contributed by atoms with Gasteiger partial charge in [0.25, 0.3) is 0 Å². The maximum Gasteiger partial charge on any atom is 0.190 e. The third kappa shape index (κ3) is 7.21. The van der Waals surface area contributed by atoms with Crippen LogP contribution in [0.25, 0.3) is 0 Å². The van der Waals surface area contributed by atoms with Gasteiger partial charge in [-0.25, -0.2) is 4.99 Å². The van der Waals surface area contributed by atoms with Gasteiger partial charge < -0.3 is 4.74 Å². The molecule has 0 radical (unpaired) electrons. The van der Waals surface area contributed by atoms with E-state index in [1.807, 2.05) is 0 Å². The highest BCUT2D eigenvalue weighted by atomic mass is 31.1. The van der Waals surface area contributed by atoms with Crippen LogP contribution in [0.2, 0.25) is 0 Å². The van der Waals surface area contributed by atoms with Crippen LogP contribution in [-0.2, 0) is 4.74 Å². The van der Waals surface area contributed by atoms with Gasteiger partial charge in [0.1, 0.15) is 6.61 Å². The number of aliphatic imine (C=N–C) groups is 1. The Balaban J connectivity index is 1.40. The average molecular weight is 560 g/mol. The van der Waals surface area contributed by atoms with E-state index in [4.69, 9.17) is 9.73 Å². The Labute approximate surface area is 246 Å². The van der Waals surface area contributed by atoms with Gasteiger partial charge in [-0.1, -0.05) is 146 Å². The van der Waals surface area contributed by atoms with Crippen LogP contribution in [-0.4, -0.2) is 24.2 Å². The van der Waals surface area contributed by atoms with E-state index in [-0.39, 0.29) is 5.41 Å². The van der Waals surface area contributed by atoms with E-state index < -0.39 is 7.92 Å². The van der Waals surface area contributed by atoms with Gasteiger partial charge in [0.15, 0.2) is 5.90 Å². The molecular formula is C37H54NOP. The standard InChI is InChI=1S/C37H54NOP/c1-4-16-30-17-8-5-9-18-31(30)19-14-25-37(36-38-35(28-39-36)29(2)3)26-15-24-34(27-37)40(32-20-10-6-11-21-32)33-22-12-7-13-23-33/h6-7,10-13,20-23,29-31,34-35H,4-5,8-9,14-19,24-28H2,1-3H3. The van der Waals surface area contributed by atoms with Crippen molar-refractivity contribution in [2.45, 2.75) is 122 Å². The minimum absolute atomic E-state index is 0.113. The Hall–Kier alpha value is -1.66. The first-order chi connectivity index (χ1) is 19.6. The summed E-state index contributed by atoms with van der Waals surface area (Å²) in [4.78, 5) is 5.35. The third-order valence-corrected chi connectivity index (χ3v) is 13.2. The number of nitrogens with zero attached hydrogens (tertiary/aromatic N) is 1. The van der Waals surface area contributed by atoms with Crippen molar-refractivity contribution in [2.24, 2.45) is 28.2 Å². The molecule has 0 spiro atoms. The Morgan fingerprint density at radius 3 is 2.10 bits per heavy atom. The van der Waals surface area contributed by atoms with E-state index >= 15 is 0 Å². The second kappa shape index (κ2) is 14.5. The van der Waals surface area contributed by atoms with Crippen LogP contribution >= 0.6 is 7.92 Å². The highest BCUT2D eigenvalue weighted by molar-refractivity contribution is 7.73. The number of ether oxygens (including phenoxy) is 1. The molecule has 2 nitrogen and oxygen atoms in total. The quantitative estimate of drug-likeness (QED) is 0.198. The topological polar surface area (TPSA) is 21.6 Å². The van der Waals surface area contributed by atoms with Crippen LogP contribution < -0.4 is 10.6 Å². The van der Waals surface area contributed by atoms with E-state index in [0.29, 0.717) is 17.6 Å². The number of benzene rings is 2. The lowest BCUT2D eigenvalue weighted by Gasteiger charge is -2.43. The zero-order valence-corrected chi connectivity index (χ0v) is 26.5. The van der Waals surface area contributed by atoms with Crippen LogP contribution in [0.3, 0.4) is 0 Å². The molecule has 2 aromatic carbocycles. The first-order valence-electron chi connectivity index (χ1n) is 16.7. The second-order valence-corrected chi connectivity index (χ2v) is 16.0. The molecule has 5 rings (SSSR count). The fourth-order valence-corrected chi connectivity index (χ4v) is 11.2. The monoisotopic (exact) mass is 559 g/mol. The molecule has 218 valence electrons. The molecule has 0 saturated heterocycles. The highest BCUT2D eigenvalue weighted by Crippen LogP contribution is 2.54. The van der Waals surface area contributed by atoms with Crippen LogP contribution in [0.1, 0.15) is 111 Å². The zero-order valence-electron chi connectivity index (χ0n) is 25.6. The summed E-state index contributed by atoms with van der Waals surface area (Å²) in [5.41, 5.74) is 0.783. The maximum atomic E-state index is 6.59. The van der Waals surface area contributed by atoms with Crippen molar-refractivity contribution in [3.8, 4) is 0 Å². The number of rotatable bonds is 11. The highest BCUT2D eigenvalue weighted by Gasteiger charge is 2.46. The normalized spacial score (nSPS) is 29.3. The molecule has 1 heterocycles. The summed E-state index contributed by atoms with van der Waals surface area (Å²) in [5, 5.41) is 3.05. The van der Waals surface area contributed by atoms with Crippen molar-refractivity contribution in [2.75, 3.05) is 6.61 Å². The Bertz CT molecular complexity index is 1010. The minimum atomic E-state index is -0.419. The Morgan fingerprint density at radius 1 is 0.850 bits per heavy atom. The van der Waals surface area contributed by atoms with Crippen molar-refractivity contribution in [1.82, 2.24) is 0 Å².